The Labute approximate surface area is 150 Å². The first kappa shape index (κ1) is 17.8. The molecular formula is C16H12F2N4O3S. The first-order valence-electron chi connectivity index (χ1n) is 7.31. The van der Waals surface area contributed by atoms with Crippen molar-refractivity contribution < 1.29 is 22.7 Å². The van der Waals surface area contributed by atoms with Gasteiger partial charge in [-0.3, -0.25) is 9.78 Å². The lowest BCUT2D eigenvalue weighted by Gasteiger charge is -2.06. The summed E-state index contributed by atoms with van der Waals surface area (Å²) in [5.41, 5.74) is 1.19. The summed E-state index contributed by atoms with van der Waals surface area (Å²) < 4.78 is 33.9. The van der Waals surface area contributed by atoms with Gasteiger partial charge >= 0.3 is 6.61 Å². The SMILES string of the molecule is O=C(CSc1nnc(-c2ccncc2)o1)Nc1ccc(OC(F)F)cc1. The number of carbonyl (C=O) groups is 1. The van der Waals surface area contributed by atoms with Gasteiger partial charge < -0.3 is 14.5 Å². The van der Waals surface area contributed by atoms with E-state index in [2.05, 4.69) is 25.2 Å². The van der Waals surface area contributed by atoms with Crippen LogP contribution in [0.25, 0.3) is 11.5 Å². The first-order valence-corrected chi connectivity index (χ1v) is 8.30. The molecular weight excluding hydrogens is 366 g/mol. The highest BCUT2D eigenvalue weighted by molar-refractivity contribution is 7.99. The fraction of sp³-hybridized carbons (Fsp3) is 0.125. The number of amides is 1. The number of ether oxygens (including phenoxy) is 1. The average Bonchev–Trinajstić information content (AvgIpc) is 3.11. The zero-order chi connectivity index (χ0) is 18.4. The monoisotopic (exact) mass is 378 g/mol. The number of nitrogens with one attached hydrogen (secondary N) is 1. The maximum atomic E-state index is 12.1. The van der Waals surface area contributed by atoms with Crippen molar-refractivity contribution in [3.8, 4) is 17.2 Å². The highest BCUT2D eigenvalue weighted by atomic mass is 32.2. The van der Waals surface area contributed by atoms with Crippen LogP contribution in [0.3, 0.4) is 0 Å². The minimum atomic E-state index is -2.89. The lowest BCUT2D eigenvalue weighted by molar-refractivity contribution is -0.113. The lowest BCUT2D eigenvalue weighted by Crippen LogP contribution is -2.14. The van der Waals surface area contributed by atoms with Crippen LogP contribution < -0.4 is 10.1 Å². The molecule has 0 aliphatic carbocycles. The minimum Gasteiger partial charge on any atom is -0.435 e. The zero-order valence-electron chi connectivity index (χ0n) is 13.1. The van der Waals surface area contributed by atoms with Crippen LogP contribution in [0.5, 0.6) is 5.75 Å². The Kier molecular flexibility index (Phi) is 5.74. The van der Waals surface area contributed by atoms with Crippen molar-refractivity contribution in [2.75, 3.05) is 11.1 Å². The highest BCUT2D eigenvalue weighted by Crippen LogP contribution is 2.23. The maximum absolute atomic E-state index is 12.1. The molecule has 0 unspecified atom stereocenters. The molecule has 0 bridgehead atoms. The fourth-order valence-corrected chi connectivity index (χ4v) is 2.49. The average molecular weight is 378 g/mol. The third-order valence-electron chi connectivity index (χ3n) is 3.02. The number of anilines is 1. The van der Waals surface area contributed by atoms with Crippen LogP contribution >= 0.6 is 11.8 Å². The number of hydrogen-bond donors (Lipinski definition) is 1. The van der Waals surface area contributed by atoms with Gasteiger partial charge in [-0.25, -0.2) is 0 Å². The summed E-state index contributed by atoms with van der Waals surface area (Å²) in [7, 11) is 0. The van der Waals surface area contributed by atoms with Crippen molar-refractivity contribution in [1.29, 1.82) is 0 Å². The number of benzene rings is 1. The molecule has 0 saturated heterocycles. The summed E-state index contributed by atoms with van der Waals surface area (Å²) in [6.07, 6.45) is 3.22. The van der Waals surface area contributed by atoms with Crippen LogP contribution in [-0.2, 0) is 4.79 Å². The van der Waals surface area contributed by atoms with E-state index in [0.29, 0.717) is 11.6 Å². The smallest absolute Gasteiger partial charge is 0.387 e. The molecule has 1 N–H and O–H groups in total. The molecule has 2 heterocycles. The van der Waals surface area contributed by atoms with E-state index in [1.54, 1.807) is 24.5 Å². The van der Waals surface area contributed by atoms with Crippen molar-refractivity contribution in [2.24, 2.45) is 0 Å². The summed E-state index contributed by atoms with van der Waals surface area (Å²) in [5.74, 6) is 0.0979. The number of thioether (sulfide) groups is 1. The Morgan fingerprint density at radius 1 is 1.15 bits per heavy atom. The lowest BCUT2D eigenvalue weighted by atomic mass is 10.3. The first-order chi connectivity index (χ1) is 12.6. The van der Waals surface area contributed by atoms with Gasteiger partial charge in [-0.15, -0.1) is 10.2 Å². The molecule has 0 saturated carbocycles. The molecule has 0 aliphatic rings. The molecule has 3 rings (SSSR count). The van der Waals surface area contributed by atoms with E-state index in [4.69, 9.17) is 4.42 Å². The molecule has 7 nitrogen and oxygen atoms in total. The number of aromatic nitrogens is 3. The molecule has 1 amide bonds. The molecule has 10 heteroatoms. The maximum Gasteiger partial charge on any atom is 0.387 e. The topological polar surface area (TPSA) is 90.1 Å². The number of carbonyl (C=O) groups excluding carboxylic acids is 1. The Bertz CT molecular complexity index is 859. The predicted octanol–water partition coefficient (Wildman–Crippen LogP) is 3.46. The second-order valence-corrected chi connectivity index (χ2v) is 5.78. The van der Waals surface area contributed by atoms with Crippen molar-refractivity contribution in [2.45, 2.75) is 11.8 Å². The number of nitrogens with zero attached hydrogens (tertiary/aromatic N) is 3. The highest BCUT2D eigenvalue weighted by Gasteiger charge is 2.11. The molecule has 2 aromatic heterocycles. The summed E-state index contributed by atoms with van der Waals surface area (Å²) in [6, 6.07) is 9.08. The third kappa shape index (κ3) is 4.99. The molecule has 0 spiro atoms. The van der Waals surface area contributed by atoms with Crippen LogP contribution in [0.2, 0.25) is 0 Å². The number of rotatable bonds is 7. The number of alkyl halides is 2. The van der Waals surface area contributed by atoms with Crippen molar-refractivity contribution in [3.63, 3.8) is 0 Å². The van der Waals surface area contributed by atoms with Gasteiger partial charge in [0.2, 0.25) is 11.8 Å². The standard InChI is InChI=1S/C16H12F2N4O3S/c17-15(18)24-12-3-1-11(2-4-12)20-13(23)9-26-16-22-21-14(25-16)10-5-7-19-8-6-10/h1-8,15H,9H2,(H,20,23). The molecule has 3 aromatic rings. The van der Waals surface area contributed by atoms with Crippen molar-refractivity contribution >= 4 is 23.4 Å². The molecule has 0 radical (unpaired) electrons. The van der Waals surface area contributed by atoms with E-state index in [1.807, 2.05) is 0 Å². The van der Waals surface area contributed by atoms with Crippen LogP contribution in [0.4, 0.5) is 14.5 Å². The second-order valence-electron chi connectivity index (χ2n) is 4.85. The van der Waals surface area contributed by atoms with Gasteiger partial charge in [0.25, 0.3) is 5.22 Å². The molecule has 0 fully saturated rings. The van der Waals surface area contributed by atoms with E-state index in [1.165, 1.54) is 24.3 Å². The fourth-order valence-electron chi connectivity index (χ4n) is 1.92. The van der Waals surface area contributed by atoms with Gasteiger partial charge in [0.05, 0.1) is 5.75 Å². The molecule has 0 atom stereocenters. The number of pyridine rings is 1. The van der Waals surface area contributed by atoms with Gasteiger partial charge in [0.15, 0.2) is 0 Å². The summed E-state index contributed by atoms with van der Waals surface area (Å²) >= 11 is 1.08. The van der Waals surface area contributed by atoms with E-state index < -0.39 is 6.61 Å². The van der Waals surface area contributed by atoms with E-state index >= 15 is 0 Å². The third-order valence-corrected chi connectivity index (χ3v) is 3.84. The quantitative estimate of drug-likeness (QED) is 0.630. The largest absolute Gasteiger partial charge is 0.435 e. The van der Waals surface area contributed by atoms with Crippen LogP contribution in [-0.4, -0.2) is 33.5 Å². The Balaban J connectivity index is 1.50. The number of halogens is 2. The summed E-state index contributed by atoms with van der Waals surface area (Å²) in [5, 5.41) is 10.7. The van der Waals surface area contributed by atoms with E-state index in [0.717, 1.165) is 17.3 Å². The van der Waals surface area contributed by atoms with Crippen molar-refractivity contribution in [3.05, 3.63) is 48.8 Å². The number of hydrogen-bond acceptors (Lipinski definition) is 7. The molecule has 26 heavy (non-hydrogen) atoms. The Morgan fingerprint density at radius 2 is 1.88 bits per heavy atom. The van der Waals surface area contributed by atoms with Gasteiger partial charge in [-0.05, 0) is 36.4 Å². The van der Waals surface area contributed by atoms with Gasteiger partial charge in [-0.1, -0.05) is 11.8 Å². The van der Waals surface area contributed by atoms with Gasteiger partial charge in [0.1, 0.15) is 5.75 Å². The van der Waals surface area contributed by atoms with Crippen LogP contribution in [0, 0.1) is 0 Å². The van der Waals surface area contributed by atoms with Gasteiger partial charge in [0, 0.05) is 23.6 Å². The van der Waals surface area contributed by atoms with E-state index in [-0.39, 0.29) is 22.6 Å². The van der Waals surface area contributed by atoms with Crippen LogP contribution in [0.1, 0.15) is 0 Å². The minimum absolute atomic E-state index is 0.0156. The normalized spacial score (nSPS) is 10.7. The zero-order valence-corrected chi connectivity index (χ0v) is 14.0. The molecule has 1 aromatic carbocycles. The summed E-state index contributed by atoms with van der Waals surface area (Å²) in [6.45, 7) is -2.89. The van der Waals surface area contributed by atoms with E-state index in [9.17, 15) is 13.6 Å². The predicted molar refractivity (Wildman–Crippen MR) is 90.0 cm³/mol. The summed E-state index contributed by atoms with van der Waals surface area (Å²) in [4.78, 5) is 15.8. The molecule has 134 valence electrons. The Hall–Kier alpha value is -3.01. The Morgan fingerprint density at radius 3 is 2.58 bits per heavy atom. The second kappa shape index (κ2) is 8.39. The van der Waals surface area contributed by atoms with Gasteiger partial charge in [-0.2, -0.15) is 8.78 Å². The van der Waals surface area contributed by atoms with Crippen molar-refractivity contribution in [1.82, 2.24) is 15.2 Å². The molecule has 0 aliphatic heterocycles. The van der Waals surface area contributed by atoms with Crippen LogP contribution in [0.15, 0.2) is 58.4 Å².